The van der Waals surface area contributed by atoms with Crippen molar-refractivity contribution < 1.29 is 19.4 Å². The molecule has 1 unspecified atom stereocenters. The number of esters is 1. The van der Waals surface area contributed by atoms with Crippen LogP contribution in [0.1, 0.15) is 59.3 Å². The van der Waals surface area contributed by atoms with Gasteiger partial charge < -0.3 is 14.7 Å². The molecule has 0 aromatic heterocycles. The van der Waals surface area contributed by atoms with Gasteiger partial charge in [0.05, 0.1) is 24.8 Å². The molecule has 3 aromatic carbocycles. The van der Waals surface area contributed by atoms with E-state index in [1.165, 1.54) is 12.7 Å². The summed E-state index contributed by atoms with van der Waals surface area (Å²) in [5, 5.41) is 11.7. The van der Waals surface area contributed by atoms with E-state index in [-0.39, 0.29) is 17.9 Å². The zero-order valence-electron chi connectivity index (χ0n) is 21.9. The van der Waals surface area contributed by atoms with Crippen LogP contribution in [-0.2, 0) is 22.4 Å². The minimum atomic E-state index is -0.766. The van der Waals surface area contributed by atoms with Crippen molar-refractivity contribution in [2.45, 2.75) is 51.2 Å². The van der Waals surface area contributed by atoms with Gasteiger partial charge in [0.1, 0.15) is 0 Å². The molecule has 3 aromatic rings. The molecular formula is C32H34ClNO4. The molecular weight excluding hydrogens is 498 g/mol. The second-order valence-corrected chi connectivity index (χ2v) is 10.0. The fourth-order valence-corrected chi connectivity index (χ4v) is 5.19. The Hall–Kier alpha value is -3.41. The lowest BCUT2D eigenvalue weighted by atomic mass is 9.95. The standard InChI is InChI=1S/C32H34ClNO4/c1-3-23-21-27(33)13-16-29(23)25-7-4-8-26(20-25)30(35)17-14-28-15-18-31(36)34(28)19-5-6-22-9-11-24(12-10-22)32(37)38-2/h4,7-14,16-17,20-21,28,30,35H,3,5-6,15,18-19H2,1-2H3/b17-14+/t28-,30?/m0/s1. The highest BCUT2D eigenvalue weighted by Crippen LogP contribution is 2.30. The predicted octanol–water partition coefficient (Wildman–Crippen LogP) is 6.57. The Morgan fingerprint density at radius 3 is 2.68 bits per heavy atom. The molecule has 6 heteroatoms. The quantitative estimate of drug-likeness (QED) is 0.237. The van der Waals surface area contributed by atoms with E-state index in [4.69, 9.17) is 16.3 Å². The molecule has 2 atom stereocenters. The lowest BCUT2D eigenvalue weighted by Crippen LogP contribution is -2.33. The number of aliphatic hydroxyl groups is 1. The third-order valence-corrected chi connectivity index (χ3v) is 7.35. The molecule has 1 heterocycles. The van der Waals surface area contributed by atoms with Gasteiger partial charge in [-0.05, 0) is 83.8 Å². The van der Waals surface area contributed by atoms with Crippen LogP contribution in [0.4, 0.5) is 0 Å². The van der Waals surface area contributed by atoms with Gasteiger partial charge in [-0.2, -0.15) is 0 Å². The summed E-state index contributed by atoms with van der Waals surface area (Å²) < 4.78 is 4.74. The van der Waals surface area contributed by atoms with E-state index in [0.29, 0.717) is 18.5 Å². The fourth-order valence-electron chi connectivity index (χ4n) is 5.00. The number of aliphatic hydroxyl groups excluding tert-OH is 1. The Bertz CT molecular complexity index is 1300. The zero-order chi connectivity index (χ0) is 27.1. The van der Waals surface area contributed by atoms with Gasteiger partial charge in [0.15, 0.2) is 0 Å². The van der Waals surface area contributed by atoms with Crippen molar-refractivity contribution in [2.24, 2.45) is 0 Å². The first kappa shape index (κ1) is 27.6. The monoisotopic (exact) mass is 531 g/mol. The molecule has 1 saturated heterocycles. The van der Waals surface area contributed by atoms with Crippen LogP contribution in [0.2, 0.25) is 5.02 Å². The number of rotatable bonds is 10. The van der Waals surface area contributed by atoms with E-state index in [1.54, 1.807) is 18.2 Å². The minimum absolute atomic E-state index is 0.0232. The summed E-state index contributed by atoms with van der Waals surface area (Å²) in [4.78, 5) is 26.1. The summed E-state index contributed by atoms with van der Waals surface area (Å²) in [6.07, 6.45) is 6.76. The number of carbonyl (C=O) groups is 2. The summed E-state index contributed by atoms with van der Waals surface area (Å²) >= 11 is 6.18. The molecule has 1 fully saturated rings. The number of aryl methyl sites for hydroxylation is 2. The largest absolute Gasteiger partial charge is 0.465 e. The zero-order valence-corrected chi connectivity index (χ0v) is 22.7. The Labute approximate surface area is 229 Å². The molecule has 0 aliphatic carbocycles. The third kappa shape index (κ3) is 6.72. The normalized spacial score (nSPS) is 16.3. The van der Waals surface area contributed by atoms with Crippen molar-refractivity contribution in [3.63, 3.8) is 0 Å². The maximum atomic E-state index is 12.5. The number of hydrogen-bond acceptors (Lipinski definition) is 4. The van der Waals surface area contributed by atoms with E-state index in [0.717, 1.165) is 53.0 Å². The van der Waals surface area contributed by atoms with Crippen LogP contribution in [0, 0.1) is 0 Å². The Morgan fingerprint density at radius 2 is 1.95 bits per heavy atom. The highest BCUT2D eigenvalue weighted by Gasteiger charge is 2.28. The molecule has 5 nitrogen and oxygen atoms in total. The minimum Gasteiger partial charge on any atom is -0.465 e. The number of likely N-dealkylation sites (tertiary alicyclic amines) is 1. The van der Waals surface area contributed by atoms with Gasteiger partial charge >= 0.3 is 5.97 Å². The van der Waals surface area contributed by atoms with Crippen molar-refractivity contribution in [3.8, 4) is 11.1 Å². The van der Waals surface area contributed by atoms with Gasteiger partial charge in [-0.15, -0.1) is 0 Å². The Morgan fingerprint density at radius 1 is 1.16 bits per heavy atom. The molecule has 198 valence electrons. The summed E-state index contributed by atoms with van der Waals surface area (Å²) in [5.41, 5.74) is 5.77. The topological polar surface area (TPSA) is 66.8 Å². The van der Waals surface area contributed by atoms with Gasteiger partial charge in [0.25, 0.3) is 0 Å². The van der Waals surface area contributed by atoms with E-state index >= 15 is 0 Å². The van der Waals surface area contributed by atoms with Crippen LogP contribution in [0.5, 0.6) is 0 Å². The maximum Gasteiger partial charge on any atom is 0.337 e. The van der Waals surface area contributed by atoms with Crippen LogP contribution in [0.25, 0.3) is 11.1 Å². The molecule has 38 heavy (non-hydrogen) atoms. The van der Waals surface area contributed by atoms with Crippen LogP contribution in [0.15, 0.2) is 78.9 Å². The van der Waals surface area contributed by atoms with E-state index in [1.807, 2.05) is 65.6 Å². The summed E-state index contributed by atoms with van der Waals surface area (Å²) in [6, 6.07) is 21.2. The number of nitrogens with zero attached hydrogens (tertiary/aromatic N) is 1. The second kappa shape index (κ2) is 12.9. The predicted molar refractivity (Wildman–Crippen MR) is 151 cm³/mol. The molecule has 0 bridgehead atoms. The first-order valence-corrected chi connectivity index (χ1v) is 13.5. The lowest BCUT2D eigenvalue weighted by molar-refractivity contribution is -0.128. The van der Waals surface area contributed by atoms with E-state index in [2.05, 4.69) is 6.92 Å². The lowest BCUT2D eigenvalue weighted by Gasteiger charge is -2.23. The number of ether oxygens (including phenoxy) is 1. The Balaban J connectivity index is 1.38. The molecule has 0 spiro atoms. The highest BCUT2D eigenvalue weighted by atomic mass is 35.5. The van der Waals surface area contributed by atoms with E-state index < -0.39 is 6.10 Å². The SMILES string of the molecule is CCc1cc(Cl)ccc1-c1cccc(C(O)/C=C/[C@H]2CCC(=O)N2CCCc2ccc(C(=O)OC)cc2)c1. The molecule has 0 saturated carbocycles. The van der Waals surface area contributed by atoms with Gasteiger partial charge in [-0.25, -0.2) is 4.79 Å². The third-order valence-electron chi connectivity index (χ3n) is 7.12. The molecule has 1 aliphatic rings. The van der Waals surface area contributed by atoms with Crippen LogP contribution in [0.3, 0.4) is 0 Å². The van der Waals surface area contributed by atoms with Crippen molar-refractivity contribution in [2.75, 3.05) is 13.7 Å². The summed E-state index contributed by atoms with van der Waals surface area (Å²) in [7, 11) is 1.37. The molecule has 4 rings (SSSR count). The van der Waals surface area contributed by atoms with Crippen molar-refractivity contribution in [1.29, 1.82) is 0 Å². The van der Waals surface area contributed by atoms with Gasteiger partial charge in [0, 0.05) is 18.0 Å². The van der Waals surface area contributed by atoms with Gasteiger partial charge in [-0.1, -0.05) is 67.1 Å². The Kier molecular flexibility index (Phi) is 9.38. The smallest absolute Gasteiger partial charge is 0.337 e. The number of benzene rings is 3. The van der Waals surface area contributed by atoms with E-state index in [9.17, 15) is 14.7 Å². The second-order valence-electron chi connectivity index (χ2n) is 9.60. The molecule has 0 radical (unpaired) electrons. The first-order chi connectivity index (χ1) is 18.4. The maximum absolute atomic E-state index is 12.5. The van der Waals surface area contributed by atoms with Crippen LogP contribution in [-0.4, -0.2) is 41.6 Å². The van der Waals surface area contributed by atoms with Crippen LogP contribution < -0.4 is 0 Å². The number of carbonyl (C=O) groups excluding carboxylic acids is 2. The summed E-state index contributed by atoms with van der Waals surface area (Å²) in [6.45, 7) is 2.75. The average molecular weight is 532 g/mol. The summed E-state index contributed by atoms with van der Waals surface area (Å²) in [5.74, 6) is -0.203. The van der Waals surface area contributed by atoms with Crippen molar-refractivity contribution in [3.05, 3.63) is 106 Å². The van der Waals surface area contributed by atoms with Crippen LogP contribution >= 0.6 is 11.6 Å². The fraction of sp³-hybridized carbons (Fsp3) is 0.312. The number of methoxy groups -OCH3 is 1. The molecule has 1 aliphatic heterocycles. The number of halogens is 1. The first-order valence-electron chi connectivity index (χ1n) is 13.1. The average Bonchev–Trinajstić information content (AvgIpc) is 3.30. The molecule has 1 N–H and O–H groups in total. The van der Waals surface area contributed by atoms with Crippen molar-refractivity contribution in [1.82, 2.24) is 4.90 Å². The highest BCUT2D eigenvalue weighted by molar-refractivity contribution is 6.30. The van der Waals surface area contributed by atoms with Gasteiger partial charge in [-0.3, -0.25) is 4.79 Å². The van der Waals surface area contributed by atoms with Crippen molar-refractivity contribution >= 4 is 23.5 Å². The molecule has 1 amide bonds. The number of amides is 1. The van der Waals surface area contributed by atoms with Gasteiger partial charge in [0.2, 0.25) is 5.91 Å². The number of hydrogen-bond donors (Lipinski definition) is 1.